The van der Waals surface area contributed by atoms with Crippen LogP contribution in [-0.2, 0) is 15.0 Å². The number of halogens is 3. The van der Waals surface area contributed by atoms with Gasteiger partial charge in [0.1, 0.15) is 12.3 Å². The first-order valence-corrected chi connectivity index (χ1v) is 11.8. The smallest absolute Gasteiger partial charge is 0.475 e. The van der Waals surface area contributed by atoms with Crippen LogP contribution in [0.15, 0.2) is 65.7 Å². The molecule has 0 spiro atoms. The minimum atomic E-state index is -5.08. The van der Waals surface area contributed by atoms with Crippen molar-refractivity contribution in [2.75, 3.05) is 4.90 Å². The summed E-state index contributed by atoms with van der Waals surface area (Å²) in [7, 11) is 0. The molecule has 0 aliphatic rings. The molecule has 39 heavy (non-hydrogen) atoms. The summed E-state index contributed by atoms with van der Waals surface area (Å²) < 4.78 is 37.0. The van der Waals surface area contributed by atoms with Crippen LogP contribution in [0.2, 0.25) is 0 Å². The van der Waals surface area contributed by atoms with Gasteiger partial charge in [0, 0.05) is 29.2 Å². The Balaban J connectivity index is 0.000000673. The number of nitrogens with one attached hydrogen (secondary N) is 1. The molecule has 12 heteroatoms. The Morgan fingerprint density at radius 2 is 1.56 bits per heavy atom. The number of amides is 2. The molecule has 0 bridgehead atoms. The Kier molecular flexibility index (Phi) is 9.61. The molecule has 1 unspecified atom stereocenters. The fraction of sp³-hybridized carbons (Fsp3) is 0.370. The second-order valence-corrected chi connectivity index (χ2v) is 10.5. The van der Waals surface area contributed by atoms with Gasteiger partial charge in [0.25, 0.3) is 5.89 Å². The number of carbonyl (C=O) groups excluding carboxylic acids is 2. The lowest BCUT2D eigenvalue weighted by atomic mass is 9.87. The Labute approximate surface area is 224 Å². The first kappa shape index (κ1) is 31.0. The molecule has 9 nitrogen and oxygen atoms in total. The molecule has 0 aliphatic carbocycles. The van der Waals surface area contributed by atoms with Crippen molar-refractivity contribution in [1.82, 2.24) is 15.3 Å². The van der Waals surface area contributed by atoms with Crippen molar-refractivity contribution in [3.63, 3.8) is 0 Å². The predicted molar refractivity (Wildman–Crippen MR) is 137 cm³/mol. The van der Waals surface area contributed by atoms with Crippen LogP contribution in [0.1, 0.15) is 69.4 Å². The van der Waals surface area contributed by atoms with Gasteiger partial charge >= 0.3 is 18.1 Å². The molecule has 210 valence electrons. The number of benzene rings is 1. The van der Waals surface area contributed by atoms with E-state index in [9.17, 15) is 22.8 Å². The summed E-state index contributed by atoms with van der Waals surface area (Å²) in [5, 5.41) is 10.1. The van der Waals surface area contributed by atoms with Crippen LogP contribution in [0.4, 0.5) is 18.9 Å². The number of hydrogen-bond acceptors (Lipinski definition) is 6. The lowest BCUT2D eigenvalue weighted by Crippen LogP contribution is -2.49. The van der Waals surface area contributed by atoms with Gasteiger partial charge in [0.05, 0.1) is 6.20 Å². The highest BCUT2D eigenvalue weighted by atomic mass is 19.4. The van der Waals surface area contributed by atoms with E-state index >= 15 is 0 Å². The van der Waals surface area contributed by atoms with Gasteiger partial charge in [-0.1, -0.05) is 39.0 Å². The number of aliphatic carboxylic acids is 1. The fourth-order valence-electron chi connectivity index (χ4n) is 3.33. The molecular weight excluding hydrogens is 517 g/mol. The van der Waals surface area contributed by atoms with Crippen molar-refractivity contribution in [3.05, 3.63) is 78.3 Å². The van der Waals surface area contributed by atoms with E-state index in [2.05, 4.69) is 36.1 Å². The first-order valence-electron chi connectivity index (χ1n) is 11.8. The van der Waals surface area contributed by atoms with E-state index < -0.39 is 29.6 Å². The molecule has 0 fully saturated rings. The molecule has 2 heterocycles. The molecular formula is C27H31F3N4O5. The Morgan fingerprint density at radius 1 is 0.974 bits per heavy atom. The Hall–Kier alpha value is -4.22. The van der Waals surface area contributed by atoms with Crippen molar-refractivity contribution in [1.29, 1.82) is 0 Å². The first-order chi connectivity index (χ1) is 17.9. The average Bonchev–Trinajstić information content (AvgIpc) is 3.36. The van der Waals surface area contributed by atoms with Gasteiger partial charge in [-0.05, 0) is 49.9 Å². The van der Waals surface area contributed by atoms with Crippen LogP contribution >= 0.6 is 0 Å². The van der Waals surface area contributed by atoms with Gasteiger partial charge in [-0.3, -0.25) is 19.5 Å². The number of pyridine rings is 1. The summed E-state index contributed by atoms with van der Waals surface area (Å²) in [5.74, 6) is -3.70. The van der Waals surface area contributed by atoms with E-state index in [0.717, 1.165) is 5.56 Å². The van der Waals surface area contributed by atoms with Crippen LogP contribution in [0.5, 0.6) is 0 Å². The molecule has 2 amide bonds. The van der Waals surface area contributed by atoms with Crippen LogP contribution < -0.4 is 10.2 Å². The van der Waals surface area contributed by atoms with Crippen LogP contribution in [-0.4, -0.2) is 44.6 Å². The number of carboxylic acids is 1. The third-order valence-corrected chi connectivity index (χ3v) is 5.09. The summed E-state index contributed by atoms with van der Waals surface area (Å²) in [6.45, 7) is 12.0. The summed E-state index contributed by atoms with van der Waals surface area (Å²) in [6.07, 6.45) is 0.873. The number of aromatic nitrogens is 2. The maximum Gasteiger partial charge on any atom is 0.490 e. The quantitative estimate of drug-likeness (QED) is 0.443. The highest BCUT2D eigenvalue weighted by molar-refractivity contribution is 6.07. The third-order valence-electron chi connectivity index (χ3n) is 5.09. The van der Waals surface area contributed by atoms with Gasteiger partial charge in [0.15, 0.2) is 0 Å². The summed E-state index contributed by atoms with van der Waals surface area (Å²) in [6, 6.07) is 10.2. The lowest BCUT2D eigenvalue weighted by Gasteiger charge is -2.33. The number of rotatable bonds is 5. The van der Waals surface area contributed by atoms with Gasteiger partial charge < -0.3 is 14.8 Å². The van der Waals surface area contributed by atoms with Gasteiger partial charge in [-0.15, -0.1) is 0 Å². The monoisotopic (exact) mass is 548 g/mol. The molecule has 2 aromatic heterocycles. The molecule has 0 radical (unpaired) electrons. The van der Waals surface area contributed by atoms with Crippen LogP contribution in [0.25, 0.3) is 0 Å². The number of oxazole rings is 1. The van der Waals surface area contributed by atoms with Crippen molar-refractivity contribution in [2.45, 2.75) is 64.7 Å². The van der Waals surface area contributed by atoms with E-state index in [0.29, 0.717) is 11.3 Å². The van der Waals surface area contributed by atoms with Gasteiger partial charge in [0.2, 0.25) is 5.91 Å². The van der Waals surface area contributed by atoms with Crippen molar-refractivity contribution < 1.29 is 37.1 Å². The maximum atomic E-state index is 13.5. The number of hydrogen-bond donors (Lipinski definition) is 2. The Morgan fingerprint density at radius 3 is 1.97 bits per heavy atom. The van der Waals surface area contributed by atoms with E-state index in [1.54, 1.807) is 24.5 Å². The van der Waals surface area contributed by atoms with E-state index in [4.69, 9.17) is 14.3 Å². The molecule has 1 aromatic carbocycles. The van der Waals surface area contributed by atoms with E-state index in [1.165, 1.54) is 17.4 Å². The van der Waals surface area contributed by atoms with Gasteiger partial charge in [-0.25, -0.2) is 9.78 Å². The number of alkyl halides is 3. The maximum absolute atomic E-state index is 13.5. The van der Waals surface area contributed by atoms with E-state index in [-0.39, 0.29) is 17.2 Å². The number of carbonyl (C=O) groups is 3. The standard InChI is InChI=1S/C25H30N4O3.C2HF3O2/c1-24(2,3)18-9-11-19(12-10-18)29(23(31)22-27-14-15-32-22)20(17-8-7-13-26-16-17)21(30)28-25(4,5)6;3-2(4,5)1(6)7/h7-16,20H,1-6H3,(H,28,30);(H,6,7). The molecule has 0 aliphatic heterocycles. The molecule has 2 N–H and O–H groups in total. The van der Waals surface area contributed by atoms with Crippen LogP contribution in [0.3, 0.4) is 0 Å². The molecule has 3 rings (SSSR count). The highest BCUT2D eigenvalue weighted by Gasteiger charge is 2.38. The van der Waals surface area contributed by atoms with Crippen molar-refractivity contribution in [2.24, 2.45) is 0 Å². The fourth-order valence-corrected chi connectivity index (χ4v) is 3.33. The predicted octanol–water partition coefficient (Wildman–Crippen LogP) is 5.30. The molecule has 0 saturated carbocycles. The summed E-state index contributed by atoms with van der Waals surface area (Å²) in [5.41, 5.74) is 1.70. The largest absolute Gasteiger partial charge is 0.490 e. The number of nitrogens with zero attached hydrogens (tertiary/aromatic N) is 3. The average molecular weight is 549 g/mol. The number of carboxylic acid groups (broad SMARTS) is 1. The van der Waals surface area contributed by atoms with E-state index in [1.807, 2.05) is 45.0 Å². The highest BCUT2D eigenvalue weighted by Crippen LogP contribution is 2.32. The zero-order valence-electron chi connectivity index (χ0n) is 22.4. The normalized spacial score (nSPS) is 12.5. The Bertz CT molecular complexity index is 1250. The minimum absolute atomic E-state index is 0.0533. The second-order valence-electron chi connectivity index (χ2n) is 10.5. The molecule has 1 atom stereocenters. The van der Waals surface area contributed by atoms with Crippen molar-refractivity contribution in [3.8, 4) is 0 Å². The van der Waals surface area contributed by atoms with Crippen LogP contribution in [0, 0.1) is 0 Å². The lowest BCUT2D eigenvalue weighted by molar-refractivity contribution is -0.192. The summed E-state index contributed by atoms with van der Waals surface area (Å²) >= 11 is 0. The molecule has 0 saturated heterocycles. The minimum Gasteiger partial charge on any atom is -0.475 e. The number of anilines is 1. The van der Waals surface area contributed by atoms with Crippen molar-refractivity contribution >= 4 is 23.5 Å². The SMILES string of the molecule is CC(C)(C)NC(=O)C(c1cccnc1)N(C(=O)c1ncco1)c1ccc(C(C)(C)C)cc1.O=C(O)C(F)(F)F. The topological polar surface area (TPSA) is 126 Å². The zero-order chi connectivity index (χ0) is 29.6. The second kappa shape index (κ2) is 12.1. The zero-order valence-corrected chi connectivity index (χ0v) is 22.4. The molecule has 3 aromatic rings. The summed E-state index contributed by atoms with van der Waals surface area (Å²) in [4.78, 5) is 45.5. The van der Waals surface area contributed by atoms with Gasteiger partial charge in [-0.2, -0.15) is 13.2 Å². The third kappa shape index (κ3) is 8.94.